The fraction of sp³-hybridized carbons (Fsp3) is 0.400. The maximum atomic E-state index is 12.9. The second-order valence-corrected chi connectivity index (χ2v) is 8.35. The number of amides is 1. The Bertz CT molecular complexity index is 895. The third-order valence-corrected chi connectivity index (χ3v) is 6.22. The summed E-state index contributed by atoms with van der Waals surface area (Å²) in [7, 11) is 0.400. The Morgan fingerprint density at radius 3 is 2.59 bits per heavy atom. The number of rotatable bonds is 3. The lowest BCUT2D eigenvalue weighted by Gasteiger charge is -2.26. The molecule has 0 spiro atoms. The Labute approximate surface area is 162 Å². The standard InChI is InChI=1S/C20H24N4O2S/c1-23-18-13-21-19(22-14-8-4-3-5-9-14)12-17(18)24(27(2)26)16-11-7-6-10-15(16)20(23)25/h6-7,10-14H,3-5,8-9H2,1-2H3,(H,21,22). The molecule has 0 saturated heterocycles. The Kier molecular flexibility index (Phi) is 4.86. The van der Waals surface area contributed by atoms with Crippen LogP contribution in [-0.2, 0) is 11.0 Å². The van der Waals surface area contributed by atoms with Crippen molar-refractivity contribution in [1.29, 1.82) is 0 Å². The molecule has 0 bridgehead atoms. The van der Waals surface area contributed by atoms with Gasteiger partial charge in [0.05, 0.1) is 28.8 Å². The minimum absolute atomic E-state index is 0.130. The number of nitrogens with one attached hydrogen (secondary N) is 1. The summed E-state index contributed by atoms with van der Waals surface area (Å²) in [6.45, 7) is 0. The highest BCUT2D eigenvalue weighted by atomic mass is 32.2. The van der Waals surface area contributed by atoms with E-state index < -0.39 is 11.0 Å². The molecule has 142 valence electrons. The molecule has 1 aliphatic carbocycles. The number of fused-ring (bicyclic) bond motifs is 2. The van der Waals surface area contributed by atoms with E-state index >= 15 is 0 Å². The second-order valence-electron chi connectivity index (χ2n) is 7.14. The average molecular weight is 385 g/mol. The van der Waals surface area contributed by atoms with E-state index in [1.54, 1.807) is 34.8 Å². The van der Waals surface area contributed by atoms with Gasteiger partial charge in [-0.3, -0.25) is 9.10 Å². The highest BCUT2D eigenvalue weighted by molar-refractivity contribution is 7.86. The summed E-state index contributed by atoms with van der Waals surface area (Å²) in [5, 5.41) is 3.52. The van der Waals surface area contributed by atoms with Crippen LogP contribution in [0.1, 0.15) is 42.5 Å². The van der Waals surface area contributed by atoms with E-state index in [4.69, 9.17) is 0 Å². The third kappa shape index (κ3) is 3.32. The molecule has 4 rings (SSSR count). The van der Waals surface area contributed by atoms with Crippen LogP contribution in [0.3, 0.4) is 0 Å². The fourth-order valence-corrected chi connectivity index (χ4v) is 4.78. The van der Waals surface area contributed by atoms with Crippen LogP contribution in [0.2, 0.25) is 0 Å². The van der Waals surface area contributed by atoms with Crippen molar-refractivity contribution in [2.45, 2.75) is 38.1 Å². The van der Waals surface area contributed by atoms with Gasteiger partial charge in [-0.05, 0) is 25.0 Å². The molecule has 1 amide bonds. The lowest BCUT2D eigenvalue weighted by molar-refractivity contribution is 0.0994. The summed E-state index contributed by atoms with van der Waals surface area (Å²) >= 11 is 0. The van der Waals surface area contributed by atoms with Crippen molar-refractivity contribution < 1.29 is 9.00 Å². The molecule has 1 aliphatic heterocycles. The number of carbonyl (C=O) groups is 1. The Morgan fingerprint density at radius 1 is 1.11 bits per heavy atom. The first kappa shape index (κ1) is 18.0. The predicted molar refractivity (Wildman–Crippen MR) is 110 cm³/mol. The molecule has 1 unspecified atom stereocenters. The van der Waals surface area contributed by atoms with Crippen LogP contribution in [-0.4, -0.2) is 34.4 Å². The van der Waals surface area contributed by atoms with Crippen LogP contribution in [0.5, 0.6) is 0 Å². The predicted octanol–water partition coefficient (Wildman–Crippen LogP) is 3.85. The molecule has 27 heavy (non-hydrogen) atoms. The van der Waals surface area contributed by atoms with Gasteiger partial charge in [0.15, 0.2) is 0 Å². The number of aromatic nitrogens is 1. The minimum atomic E-state index is -1.33. The van der Waals surface area contributed by atoms with E-state index in [1.165, 1.54) is 19.3 Å². The summed E-state index contributed by atoms with van der Waals surface area (Å²) in [6.07, 6.45) is 9.38. The summed E-state index contributed by atoms with van der Waals surface area (Å²) in [5.41, 5.74) is 2.57. The largest absolute Gasteiger partial charge is 0.367 e. The number of para-hydroxylation sites is 1. The quantitative estimate of drug-likeness (QED) is 0.873. The smallest absolute Gasteiger partial charge is 0.260 e. The van der Waals surface area contributed by atoms with Crippen molar-refractivity contribution in [2.24, 2.45) is 0 Å². The molecule has 1 atom stereocenters. The van der Waals surface area contributed by atoms with Gasteiger partial charge in [-0.2, -0.15) is 0 Å². The van der Waals surface area contributed by atoms with Gasteiger partial charge >= 0.3 is 0 Å². The van der Waals surface area contributed by atoms with Crippen molar-refractivity contribution >= 4 is 39.8 Å². The number of benzene rings is 1. The maximum Gasteiger partial charge on any atom is 0.260 e. The lowest BCUT2D eigenvalue weighted by Crippen LogP contribution is -2.26. The van der Waals surface area contributed by atoms with Crippen molar-refractivity contribution in [2.75, 3.05) is 27.8 Å². The topological polar surface area (TPSA) is 65.5 Å². The van der Waals surface area contributed by atoms with E-state index in [1.807, 2.05) is 24.3 Å². The molecule has 0 radical (unpaired) electrons. The lowest BCUT2D eigenvalue weighted by atomic mass is 9.95. The molecule has 6 nitrogen and oxygen atoms in total. The van der Waals surface area contributed by atoms with Gasteiger partial charge < -0.3 is 10.2 Å². The van der Waals surface area contributed by atoms with E-state index in [0.29, 0.717) is 23.0 Å². The van der Waals surface area contributed by atoms with Crippen molar-refractivity contribution in [3.8, 4) is 0 Å². The molecule has 2 heterocycles. The molecular formula is C20H24N4O2S. The molecular weight excluding hydrogens is 360 g/mol. The number of hydrogen-bond acceptors (Lipinski definition) is 4. The zero-order valence-electron chi connectivity index (χ0n) is 15.6. The first-order valence-corrected chi connectivity index (χ1v) is 10.8. The zero-order valence-corrected chi connectivity index (χ0v) is 16.5. The van der Waals surface area contributed by atoms with Crippen LogP contribution in [0.4, 0.5) is 22.9 Å². The first-order valence-electron chi connectivity index (χ1n) is 9.33. The van der Waals surface area contributed by atoms with Crippen molar-refractivity contribution in [1.82, 2.24) is 4.98 Å². The Balaban J connectivity index is 1.80. The molecule has 1 aromatic carbocycles. The van der Waals surface area contributed by atoms with Gasteiger partial charge in [-0.1, -0.05) is 31.4 Å². The molecule has 1 N–H and O–H groups in total. The molecule has 2 aliphatic rings. The van der Waals surface area contributed by atoms with Gasteiger partial charge in [0.2, 0.25) is 0 Å². The number of pyridine rings is 1. The Hall–Kier alpha value is -2.41. The maximum absolute atomic E-state index is 12.9. The highest BCUT2D eigenvalue weighted by Gasteiger charge is 2.31. The summed E-state index contributed by atoms with van der Waals surface area (Å²) in [6, 6.07) is 9.63. The van der Waals surface area contributed by atoms with Crippen LogP contribution in [0, 0.1) is 0 Å². The molecule has 2 aromatic rings. The SMILES string of the molecule is CN1C(=O)c2ccccc2N(S(C)=O)c2cc(NC3CCCCC3)ncc21. The van der Waals surface area contributed by atoms with E-state index in [0.717, 1.165) is 24.3 Å². The van der Waals surface area contributed by atoms with Gasteiger partial charge in [0.1, 0.15) is 16.8 Å². The summed E-state index contributed by atoms with van der Waals surface area (Å²) < 4.78 is 14.4. The average Bonchev–Trinajstić information content (AvgIpc) is 2.76. The highest BCUT2D eigenvalue weighted by Crippen LogP contribution is 2.41. The summed E-state index contributed by atoms with van der Waals surface area (Å²) in [4.78, 5) is 19.0. The minimum Gasteiger partial charge on any atom is -0.367 e. The van der Waals surface area contributed by atoms with E-state index in [-0.39, 0.29) is 5.91 Å². The number of hydrogen-bond donors (Lipinski definition) is 1. The summed E-state index contributed by atoms with van der Waals surface area (Å²) in [5.74, 6) is 0.630. The fourth-order valence-electron chi connectivity index (χ4n) is 3.92. The normalized spacial score (nSPS) is 18.5. The Morgan fingerprint density at radius 2 is 1.85 bits per heavy atom. The van der Waals surface area contributed by atoms with Gasteiger partial charge in [0, 0.05) is 25.4 Å². The molecule has 7 heteroatoms. The van der Waals surface area contributed by atoms with Crippen LogP contribution >= 0.6 is 0 Å². The third-order valence-electron chi connectivity index (χ3n) is 5.31. The first-order chi connectivity index (χ1) is 13.1. The van der Waals surface area contributed by atoms with Crippen LogP contribution in [0.25, 0.3) is 0 Å². The zero-order chi connectivity index (χ0) is 19.0. The molecule has 1 fully saturated rings. The monoisotopic (exact) mass is 384 g/mol. The van der Waals surface area contributed by atoms with Crippen LogP contribution in [0.15, 0.2) is 36.5 Å². The van der Waals surface area contributed by atoms with Crippen LogP contribution < -0.4 is 14.5 Å². The van der Waals surface area contributed by atoms with Gasteiger partial charge in [-0.25, -0.2) is 9.19 Å². The van der Waals surface area contributed by atoms with Gasteiger partial charge in [0.25, 0.3) is 5.91 Å². The van der Waals surface area contributed by atoms with Crippen molar-refractivity contribution in [3.05, 3.63) is 42.1 Å². The van der Waals surface area contributed by atoms with Gasteiger partial charge in [-0.15, -0.1) is 0 Å². The molecule has 1 saturated carbocycles. The number of nitrogens with zero attached hydrogens (tertiary/aromatic N) is 3. The number of carbonyl (C=O) groups excluding carboxylic acids is 1. The molecule has 1 aromatic heterocycles. The van der Waals surface area contributed by atoms with Crippen molar-refractivity contribution in [3.63, 3.8) is 0 Å². The number of anilines is 4. The van der Waals surface area contributed by atoms with E-state index in [2.05, 4.69) is 10.3 Å². The van der Waals surface area contributed by atoms with E-state index in [9.17, 15) is 9.00 Å². The second kappa shape index (κ2) is 7.31.